The van der Waals surface area contributed by atoms with Crippen LogP contribution in [0, 0.1) is 24.2 Å². The molecule has 1 fully saturated rings. The van der Waals surface area contributed by atoms with E-state index in [4.69, 9.17) is 5.26 Å². The van der Waals surface area contributed by atoms with Gasteiger partial charge in [0.05, 0.1) is 11.6 Å². The molecule has 6 nitrogen and oxygen atoms in total. The molecular formula is C24H26N6. The molecule has 30 heavy (non-hydrogen) atoms. The van der Waals surface area contributed by atoms with Crippen molar-refractivity contribution in [2.24, 2.45) is 5.92 Å². The number of aromatic nitrogens is 2. The molecule has 0 atom stereocenters. The van der Waals surface area contributed by atoms with E-state index in [-0.39, 0.29) is 0 Å². The van der Waals surface area contributed by atoms with Crippen LogP contribution in [0.3, 0.4) is 0 Å². The molecule has 0 radical (unpaired) electrons. The molecule has 0 spiro atoms. The van der Waals surface area contributed by atoms with Crippen LogP contribution < -0.4 is 15.5 Å². The predicted molar refractivity (Wildman–Crippen MR) is 122 cm³/mol. The van der Waals surface area contributed by atoms with Gasteiger partial charge < -0.3 is 15.5 Å². The highest BCUT2D eigenvalue weighted by molar-refractivity contribution is 5.63. The minimum absolute atomic E-state index is 0.492. The van der Waals surface area contributed by atoms with E-state index < -0.39 is 0 Å². The SMILES string of the molecule is Cc1cc(Nc2ccc(N3CCC(C)CC3)cc2)nc(Nc2cccc(C#N)c2)n1. The smallest absolute Gasteiger partial charge is 0.229 e. The monoisotopic (exact) mass is 398 g/mol. The molecule has 0 amide bonds. The van der Waals surface area contributed by atoms with Crippen LogP contribution in [0.5, 0.6) is 0 Å². The Labute approximate surface area is 177 Å². The second kappa shape index (κ2) is 8.83. The number of nitrogens with one attached hydrogen (secondary N) is 2. The topological polar surface area (TPSA) is 76.9 Å². The van der Waals surface area contributed by atoms with Crippen molar-refractivity contribution < 1.29 is 0 Å². The fraction of sp³-hybridized carbons (Fsp3) is 0.292. The predicted octanol–water partition coefficient (Wildman–Crippen LogP) is 5.38. The van der Waals surface area contributed by atoms with Crippen molar-refractivity contribution in [2.45, 2.75) is 26.7 Å². The lowest BCUT2D eigenvalue weighted by atomic mass is 9.99. The molecule has 4 rings (SSSR count). The standard InChI is InChI=1S/C24H26N6/c1-17-10-12-30(13-11-17)22-8-6-20(7-9-22)27-23-14-18(2)26-24(29-23)28-21-5-3-4-19(15-21)16-25/h3-9,14-15,17H,10-13H2,1-2H3,(H2,26,27,28,29). The molecule has 2 N–H and O–H groups in total. The molecule has 1 saturated heterocycles. The molecule has 152 valence electrons. The minimum Gasteiger partial charge on any atom is -0.372 e. The third-order valence-electron chi connectivity index (χ3n) is 5.39. The Balaban J connectivity index is 1.46. The molecule has 6 heteroatoms. The van der Waals surface area contributed by atoms with Gasteiger partial charge in [0.2, 0.25) is 5.95 Å². The fourth-order valence-corrected chi connectivity index (χ4v) is 3.65. The van der Waals surface area contributed by atoms with Crippen molar-refractivity contribution in [3.63, 3.8) is 0 Å². The number of nitriles is 1. The van der Waals surface area contributed by atoms with Crippen LogP contribution in [0.25, 0.3) is 0 Å². The molecule has 1 aromatic heterocycles. The first kappa shape index (κ1) is 19.7. The van der Waals surface area contributed by atoms with Crippen LogP contribution in [-0.2, 0) is 0 Å². The van der Waals surface area contributed by atoms with Crippen molar-refractivity contribution in [3.05, 3.63) is 65.9 Å². The van der Waals surface area contributed by atoms with Crippen LogP contribution in [0.4, 0.5) is 28.8 Å². The number of nitrogens with zero attached hydrogens (tertiary/aromatic N) is 4. The zero-order valence-electron chi connectivity index (χ0n) is 17.4. The largest absolute Gasteiger partial charge is 0.372 e. The molecule has 1 aliphatic rings. The quantitative estimate of drug-likeness (QED) is 0.601. The van der Waals surface area contributed by atoms with E-state index in [1.54, 1.807) is 12.1 Å². The third-order valence-corrected chi connectivity index (χ3v) is 5.39. The Bertz CT molecular complexity index is 1050. The maximum absolute atomic E-state index is 9.07. The van der Waals surface area contributed by atoms with E-state index in [0.29, 0.717) is 11.5 Å². The Hall–Kier alpha value is -3.59. The lowest BCUT2D eigenvalue weighted by molar-refractivity contribution is 0.438. The average Bonchev–Trinajstić information content (AvgIpc) is 2.75. The van der Waals surface area contributed by atoms with Crippen molar-refractivity contribution in [1.82, 2.24) is 9.97 Å². The van der Waals surface area contributed by atoms with Crippen LogP contribution in [-0.4, -0.2) is 23.1 Å². The summed E-state index contributed by atoms with van der Waals surface area (Å²) in [6.45, 7) is 6.52. The molecule has 3 aromatic rings. The van der Waals surface area contributed by atoms with Gasteiger partial charge in [0.15, 0.2) is 0 Å². The highest BCUT2D eigenvalue weighted by Crippen LogP contribution is 2.26. The molecule has 2 aromatic carbocycles. The zero-order valence-corrected chi connectivity index (χ0v) is 17.4. The summed E-state index contributed by atoms with van der Waals surface area (Å²) in [7, 11) is 0. The third kappa shape index (κ3) is 4.87. The summed E-state index contributed by atoms with van der Waals surface area (Å²) in [5.41, 5.74) is 4.48. The number of benzene rings is 2. The number of hydrogen-bond acceptors (Lipinski definition) is 6. The van der Waals surface area contributed by atoms with Crippen molar-refractivity contribution in [3.8, 4) is 6.07 Å². The first-order valence-corrected chi connectivity index (χ1v) is 10.3. The van der Waals surface area contributed by atoms with Crippen LogP contribution >= 0.6 is 0 Å². The molecule has 0 unspecified atom stereocenters. The number of anilines is 5. The molecule has 0 aliphatic carbocycles. The summed E-state index contributed by atoms with van der Waals surface area (Å²) in [6, 6.07) is 19.8. The Morgan fingerprint density at radius 2 is 1.73 bits per heavy atom. The number of aryl methyl sites for hydroxylation is 1. The second-order valence-corrected chi connectivity index (χ2v) is 7.88. The number of piperidine rings is 1. The molecular weight excluding hydrogens is 372 g/mol. The molecule has 0 bridgehead atoms. The van der Waals surface area contributed by atoms with E-state index in [1.807, 2.05) is 25.1 Å². The van der Waals surface area contributed by atoms with Gasteiger partial charge in [-0.15, -0.1) is 0 Å². The minimum atomic E-state index is 0.492. The normalized spacial score (nSPS) is 14.2. The van der Waals surface area contributed by atoms with Crippen molar-refractivity contribution >= 4 is 28.8 Å². The summed E-state index contributed by atoms with van der Waals surface area (Å²) < 4.78 is 0. The fourth-order valence-electron chi connectivity index (χ4n) is 3.65. The maximum atomic E-state index is 9.07. The lowest BCUT2D eigenvalue weighted by Gasteiger charge is -2.32. The Morgan fingerprint density at radius 3 is 2.47 bits per heavy atom. The highest BCUT2D eigenvalue weighted by atomic mass is 15.1. The van der Waals surface area contributed by atoms with Gasteiger partial charge in [-0.2, -0.15) is 10.2 Å². The van der Waals surface area contributed by atoms with Crippen molar-refractivity contribution in [2.75, 3.05) is 28.6 Å². The van der Waals surface area contributed by atoms with Gasteiger partial charge in [-0.3, -0.25) is 0 Å². The van der Waals surface area contributed by atoms with Gasteiger partial charge in [0.1, 0.15) is 5.82 Å². The second-order valence-electron chi connectivity index (χ2n) is 7.88. The summed E-state index contributed by atoms with van der Waals surface area (Å²) in [5, 5.41) is 15.6. The first-order valence-electron chi connectivity index (χ1n) is 10.3. The van der Waals surface area contributed by atoms with Crippen LogP contribution in [0.2, 0.25) is 0 Å². The Morgan fingerprint density at radius 1 is 0.967 bits per heavy atom. The summed E-state index contributed by atoms with van der Waals surface area (Å²) in [6.07, 6.45) is 2.51. The van der Waals surface area contributed by atoms with Crippen LogP contribution in [0.1, 0.15) is 31.0 Å². The van der Waals surface area contributed by atoms with Gasteiger partial charge in [-0.1, -0.05) is 13.0 Å². The highest BCUT2D eigenvalue weighted by Gasteiger charge is 2.15. The van der Waals surface area contributed by atoms with Gasteiger partial charge in [-0.05, 0) is 68.1 Å². The van der Waals surface area contributed by atoms with E-state index in [2.05, 4.69) is 62.8 Å². The van der Waals surface area contributed by atoms with Gasteiger partial charge >= 0.3 is 0 Å². The van der Waals surface area contributed by atoms with Crippen LogP contribution in [0.15, 0.2) is 54.6 Å². The van der Waals surface area contributed by atoms with Crippen molar-refractivity contribution in [1.29, 1.82) is 5.26 Å². The number of hydrogen-bond donors (Lipinski definition) is 2. The maximum Gasteiger partial charge on any atom is 0.229 e. The number of rotatable bonds is 5. The summed E-state index contributed by atoms with van der Waals surface area (Å²) in [5.74, 6) is 2.04. The van der Waals surface area contributed by atoms with E-state index in [1.165, 1.54) is 18.5 Å². The van der Waals surface area contributed by atoms with Gasteiger partial charge in [0.25, 0.3) is 0 Å². The lowest BCUT2D eigenvalue weighted by Crippen LogP contribution is -2.32. The van der Waals surface area contributed by atoms with Gasteiger partial charge in [-0.25, -0.2) is 4.98 Å². The Kier molecular flexibility index (Phi) is 5.80. The van der Waals surface area contributed by atoms with E-state index >= 15 is 0 Å². The molecule has 2 heterocycles. The van der Waals surface area contributed by atoms with Gasteiger partial charge in [0, 0.05) is 41.9 Å². The first-order chi connectivity index (χ1) is 14.6. The molecule has 0 saturated carbocycles. The summed E-state index contributed by atoms with van der Waals surface area (Å²) >= 11 is 0. The average molecular weight is 399 g/mol. The summed E-state index contributed by atoms with van der Waals surface area (Å²) in [4.78, 5) is 11.5. The van der Waals surface area contributed by atoms with E-state index in [9.17, 15) is 0 Å². The zero-order chi connectivity index (χ0) is 20.9. The molecule has 1 aliphatic heterocycles. The van der Waals surface area contributed by atoms with E-state index in [0.717, 1.165) is 41.9 Å².